The molecule has 5 nitrogen and oxygen atoms in total. The van der Waals surface area contributed by atoms with Gasteiger partial charge in [0.15, 0.2) is 0 Å². The van der Waals surface area contributed by atoms with Crippen molar-refractivity contribution in [2.75, 3.05) is 13.1 Å². The van der Waals surface area contributed by atoms with Crippen LogP contribution in [0.5, 0.6) is 0 Å². The highest BCUT2D eigenvalue weighted by Crippen LogP contribution is 2.24. The molecule has 1 fully saturated rings. The second-order valence-corrected chi connectivity index (χ2v) is 6.07. The maximum Gasteiger partial charge on any atom is 0.315 e. The Hall–Kier alpha value is -2.11. The predicted molar refractivity (Wildman–Crippen MR) is 86.5 cm³/mol. The molecular formula is C17H24FN3O2. The highest BCUT2D eigenvalue weighted by molar-refractivity contribution is 5.78. The van der Waals surface area contributed by atoms with Gasteiger partial charge in [-0.25, -0.2) is 9.18 Å². The summed E-state index contributed by atoms with van der Waals surface area (Å²) in [4.78, 5) is 23.5. The van der Waals surface area contributed by atoms with Gasteiger partial charge in [-0.2, -0.15) is 0 Å². The van der Waals surface area contributed by atoms with E-state index in [0.29, 0.717) is 19.0 Å². The van der Waals surface area contributed by atoms with E-state index >= 15 is 0 Å². The molecule has 126 valence electrons. The monoisotopic (exact) mass is 321 g/mol. The van der Waals surface area contributed by atoms with Gasteiger partial charge in [-0.05, 0) is 36.5 Å². The first kappa shape index (κ1) is 17.2. The van der Waals surface area contributed by atoms with Crippen molar-refractivity contribution in [2.45, 2.75) is 38.6 Å². The summed E-state index contributed by atoms with van der Waals surface area (Å²) in [5, 5.41) is 8.43. The van der Waals surface area contributed by atoms with Crippen LogP contribution < -0.4 is 16.0 Å². The number of hydrogen-bond donors (Lipinski definition) is 3. The van der Waals surface area contributed by atoms with Crippen molar-refractivity contribution in [3.63, 3.8) is 0 Å². The van der Waals surface area contributed by atoms with E-state index in [1.54, 1.807) is 12.1 Å². The number of carbonyl (C=O) groups excluding carboxylic acids is 2. The first-order valence-corrected chi connectivity index (χ1v) is 8.10. The number of urea groups is 1. The Kier molecular flexibility index (Phi) is 6.38. The summed E-state index contributed by atoms with van der Waals surface area (Å²) in [7, 11) is 0. The molecule has 3 amide bonds. The fourth-order valence-electron chi connectivity index (χ4n) is 2.81. The lowest BCUT2D eigenvalue weighted by Crippen LogP contribution is -2.45. The van der Waals surface area contributed by atoms with Crippen molar-refractivity contribution in [1.82, 2.24) is 16.0 Å². The van der Waals surface area contributed by atoms with E-state index in [1.807, 2.05) is 0 Å². The third kappa shape index (κ3) is 5.88. The molecule has 0 saturated heterocycles. The van der Waals surface area contributed by atoms with Crippen molar-refractivity contribution >= 4 is 11.9 Å². The smallest absolute Gasteiger partial charge is 0.315 e. The molecule has 1 aliphatic rings. The Morgan fingerprint density at radius 1 is 1.13 bits per heavy atom. The standard InChI is InChI=1S/C17H24FN3O2/c1-12-3-2-4-15(12)21-17(23)20-10-9-19-16(22)11-13-5-7-14(18)8-6-13/h5-8,12,15H,2-4,9-11H2,1H3,(H,19,22)(H2,20,21,23)/t12-,15+/m1/s1. The lowest BCUT2D eigenvalue weighted by molar-refractivity contribution is -0.120. The minimum atomic E-state index is -0.319. The number of carbonyl (C=O) groups is 2. The van der Waals surface area contributed by atoms with E-state index in [9.17, 15) is 14.0 Å². The molecule has 0 aliphatic heterocycles. The second kappa shape index (κ2) is 8.50. The lowest BCUT2D eigenvalue weighted by atomic mass is 10.1. The number of rotatable bonds is 6. The summed E-state index contributed by atoms with van der Waals surface area (Å²) < 4.78 is 12.8. The maximum atomic E-state index is 12.8. The zero-order valence-corrected chi connectivity index (χ0v) is 13.4. The predicted octanol–water partition coefficient (Wildman–Crippen LogP) is 1.97. The molecule has 1 saturated carbocycles. The van der Waals surface area contributed by atoms with Gasteiger partial charge in [0.1, 0.15) is 5.82 Å². The Bertz CT molecular complexity index is 533. The summed E-state index contributed by atoms with van der Waals surface area (Å²) in [5.74, 6) is 0.0559. The summed E-state index contributed by atoms with van der Waals surface area (Å²) in [6.07, 6.45) is 3.55. The van der Waals surface area contributed by atoms with Gasteiger partial charge in [0.25, 0.3) is 0 Å². The second-order valence-electron chi connectivity index (χ2n) is 6.07. The first-order chi connectivity index (χ1) is 11.0. The molecular weight excluding hydrogens is 297 g/mol. The minimum absolute atomic E-state index is 0.150. The van der Waals surface area contributed by atoms with Crippen LogP contribution in [0.2, 0.25) is 0 Å². The van der Waals surface area contributed by atoms with Gasteiger partial charge in [-0.3, -0.25) is 4.79 Å². The van der Waals surface area contributed by atoms with Crippen LogP contribution in [-0.4, -0.2) is 31.1 Å². The molecule has 1 aliphatic carbocycles. The van der Waals surface area contributed by atoms with Crippen molar-refractivity contribution in [2.24, 2.45) is 5.92 Å². The van der Waals surface area contributed by atoms with E-state index in [0.717, 1.165) is 24.8 Å². The molecule has 0 bridgehead atoms. The number of halogens is 1. The van der Waals surface area contributed by atoms with Gasteiger partial charge in [0, 0.05) is 19.1 Å². The zero-order valence-electron chi connectivity index (χ0n) is 13.4. The fourth-order valence-corrected chi connectivity index (χ4v) is 2.81. The SMILES string of the molecule is C[C@@H]1CCC[C@@H]1NC(=O)NCCNC(=O)Cc1ccc(F)cc1. The summed E-state index contributed by atoms with van der Waals surface area (Å²) >= 11 is 0. The molecule has 0 unspecified atom stereocenters. The highest BCUT2D eigenvalue weighted by Gasteiger charge is 2.24. The van der Waals surface area contributed by atoms with Crippen molar-refractivity contribution in [3.05, 3.63) is 35.6 Å². The third-order valence-corrected chi connectivity index (χ3v) is 4.19. The summed E-state index contributed by atoms with van der Waals surface area (Å²) in [6, 6.07) is 5.91. The Morgan fingerprint density at radius 2 is 1.83 bits per heavy atom. The molecule has 2 rings (SSSR count). The van der Waals surface area contributed by atoms with E-state index in [1.165, 1.54) is 12.1 Å². The zero-order chi connectivity index (χ0) is 16.7. The number of benzene rings is 1. The lowest BCUT2D eigenvalue weighted by Gasteiger charge is -2.17. The van der Waals surface area contributed by atoms with Gasteiger partial charge in [0.05, 0.1) is 6.42 Å². The van der Waals surface area contributed by atoms with Crippen LogP contribution in [0.3, 0.4) is 0 Å². The quantitative estimate of drug-likeness (QED) is 0.701. The van der Waals surface area contributed by atoms with Gasteiger partial charge in [-0.15, -0.1) is 0 Å². The molecule has 0 heterocycles. The van der Waals surface area contributed by atoms with Crippen molar-refractivity contribution in [3.8, 4) is 0 Å². The van der Waals surface area contributed by atoms with E-state index in [2.05, 4.69) is 22.9 Å². The molecule has 6 heteroatoms. The number of amides is 3. The summed E-state index contributed by atoms with van der Waals surface area (Å²) in [5.41, 5.74) is 0.754. The minimum Gasteiger partial charge on any atom is -0.354 e. The number of nitrogens with one attached hydrogen (secondary N) is 3. The normalized spacial score (nSPS) is 20.1. The molecule has 2 atom stereocenters. The fraction of sp³-hybridized carbons (Fsp3) is 0.529. The van der Waals surface area contributed by atoms with Crippen molar-refractivity contribution < 1.29 is 14.0 Å². The average molecular weight is 321 g/mol. The van der Waals surface area contributed by atoms with E-state index < -0.39 is 0 Å². The maximum absolute atomic E-state index is 12.8. The molecule has 0 spiro atoms. The van der Waals surface area contributed by atoms with Crippen LogP contribution >= 0.6 is 0 Å². The van der Waals surface area contributed by atoms with Crippen LogP contribution in [0.4, 0.5) is 9.18 Å². The van der Waals surface area contributed by atoms with Crippen LogP contribution in [0.1, 0.15) is 31.7 Å². The Morgan fingerprint density at radius 3 is 2.48 bits per heavy atom. The van der Waals surface area contributed by atoms with Gasteiger partial charge < -0.3 is 16.0 Å². The van der Waals surface area contributed by atoms with Crippen LogP contribution in [-0.2, 0) is 11.2 Å². The third-order valence-electron chi connectivity index (χ3n) is 4.19. The van der Waals surface area contributed by atoms with Gasteiger partial charge in [0.2, 0.25) is 5.91 Å². The summed E-state index contributed by atoms with van der Waals surface area (Å²) in [6.45, 7) is 2.89. The van der Waals surface area contributed by atoms with Gasteiger partial charge in [-0.1, -0.05) is 25.5 Å². The molecule has 3 N–H and O–H groups in total. The molecule has 1 aromatic rings. The first-order valence-electron chi connectivity index (χ1n) is 8.10. The van der Waals surface area contributed by atoms with E-state index in [-0.39, 0.29) is 30.2 Å². The average Bonchev–Trinajstić information content (AvgIpc) is 2.91. The van der Waals surface area contributed by atoms with Crippen molar-refractivity contribution in [1.29, 1.82) is 0 Å². The molecule has 0 radical (unpaired) electrons. The Labute approximate surface area is 136 Å². The molecule has 23 heavy (non-hydrogen) atoms. The Balaban J connectivity index is 1.58. The van der Waals surface area contributed by atoms with Crippen LogP contribution in [0, 0.1) is 11.7 Å². The molecule has 1 aromatic carbocycles. The molecule has 0 aromatic heterocycles. The number of hydrogen-bond acceptors (Lipinski definition) is 2. The van der Waals surface area contributed by atoms with Gasteiger partial charge >= 0.3 is 6.03 Å². The largest absolute Gasteiger partial charge is 0.354 e. The highest BCUT2D eigenvalue weighted by atomic mass is 19.1. The topological polar surface area (TPSA) is 70.2 Å². The van der Waals surface area contributed by atoms with E-state index in [4.69, 9.17) is 0 Å². The van der Waals surface area contributed by atoms with Crippen LogP contribution in [0.15, 0.2) is 24.3 Å². The van der Waals surface area contributed by atoms with Crippen LogP contribution in [0.25, 0.3) is 0 Å².